The summed E-state index contributed by atoms with van der Waals surface area (Å²) in [4.78, 5) is 14.3. The molecular formula is C21H28N2O8S. The van der Waals surface area contributed by atoms with Gasteiger partial charge in [0.25, 0.3) is 16.0 Å². The summed E-state index contributed by atoms with van der Waals surface area (Å²) in [6.07, 6.45) is 0. The Bertz CT molecular complexity index is 1050. The molecule has 0 aromatic heterocycles. The average Bonchev–Trinajstić information content (AvgIpc) is 2.78. The molecule has 0 spiro atoms. The Morgan fingerprint density at radius 1 is 1.06 bits per heavy atom. The number of carbonyl (C=O) groups excluding carboxylic acids is 1. The molecule has 3 N–H and O–H groups in total. The zero-order valence-electron chi connectivity index (χ0n) is 18.5. The molecule has 1 saturated heterocycles. The fourth-order valence-electron chi connectivity index (χ4n) is 3.14. The van der Waals surface area contributed by atoms with Crippen molar-refractivity contribution in [1.29, 1.82) is 0 Å². The largest absolute Gasteiger partial charge is 0.493 e. The van der Waals surface area contributed by atoms with Crippen molar-refractivity contribution in [1.82, 2.24) is 4.90 Å². The third kappa shape index (κ3) is 5.81. The van der Waals surface area contributed by atoms with Gasteiger partial charge < -0.3 is 29.6 Å². The van der Waals surface area contributed by atoms with E-state index in [9.17, 15) is 13.2 Å². The summed E-state index contributed by atoms with van der Waals surface area (Å²) >= 11 is 0. The molecule has 3 rings (SSSR count). The molecule has 176 valence electrons. The van der Waals surface area contributed by atoms with Crippen molar-refractivity contribution in [2.24, 2.45) is 0 Å². The zero-order valence-corrected chi connectivity index (χ0v) is 19.3. The molecule has 32 heavy (non-hydrogen) atoms. The normalized spacial score (nSPS) is 13.6. The number of aryl methyl sites for hydroxylation is 1. The van der Waals surface area contributed by atoms with E-state index in [0.717, 1.165) is 0 Å². The lowest BCUT2D eigenvalue weighted by molar-refractivity contribution is 0.0303. The molecular weight excluding hydrogens is 440 g/mol. The number of nitrogens with zero attached hydrogens (tertiary/aromatic N) is 1. The molecule has 0 aliphatic carbocycles. The van der Waals surface area contributed by atoms with Crippen molar-refractivity contribution in [2.75, 3.05) is 53.4 Å². The maximum absolute atomic E-state index is 12.6. The van der Waals surface area contributed by atoms with Crippen LogP contribution in [0.2, 0.25) is 0 Å². The maximum Gasteiger partial charge on any atom is 0.294 e. The van der Waals surface area contributed by atoms with Gasteiger partial charge in [-0.3, -0.25) is 9.35 Å². The monoisotopic (exact) mass is 468 g/mol. The van der Waals surface area contributed by atoms with Crippen LogP contribution in [0.3, 0.4) is 0 Å². The molecule has 0 unspecified atom stereocenters. The van der Waals surface area contributed by atoms with Gasteiger partial charge in [-0.25, -0.2) is 0 Å². The van der Waals surface area contributed by atoms with Crippen LogP contribution in [-0.4, -0.2) is 71.4 Å². The lowest BCUT2D eigenvalue weighted by Crippen LogP contribution is -2.41. The summed E-state index contributed by atoms with van der Waals surface area (Å²) in [5, 5.41) is 0. The van der Waals surface area contributed by atoms with Crippen LogP contribution in [-0.2, 0) is 14.9 Å². The van der Waals surface area contributed by atoms with Crippen LogP contribution >= 0.6 is 0 Å². The van der Waals surface area contributed by atoms with Gasteiger partial charge in [0, 0.05) is 13.1 Å². The van der Waals surface area contributed by atoms with Gasteiger partial charge in [0.15, 0.2) is 11.5 Å². The number of benzene rings is 2. The van der Waals surface area contributed by atoms with Crippen molar-refractivity contribution >= 4 is 21.7 Å². The molecule has 0 bridgehead atoms. The topological polar surface area (TPSA) is 138 Å². The van der Waals surface area contributed by atoms with Crippen LogP contribution < -0.4 is 19.9 Å². The Kier molecular flexibility index (Phi) is 8.70. The Balaban J connectivity index is 0.000000278. The summed E-state index contributed by atoms with van der Waals surface area (Å²) in [6, 6.07) is 7.85. The predicted molar refractivity (Wildman–Crippen MR) is 118 cm³/mol. The van der Waals surface area contributed by atoms with Gasteiger partial charge in [-0.1, -0.05) is 18.2 Å². The molecule has 1 aliphatic rings. The number of rotatable bonds is 5. The van der Waals surface area contributed by atoms with Crippen LogP contribution in [0.1, 0.15) is 15.9 Å². The molecule has 0 saturated carbocycles. The fourth-order valence-corrected chi connectivity index (χ4v) is 3.86. The van der Waals surface area contributed by atoms with E-state index in [2.05, 4.69) is 0 Å². The first-order chi connectivity index (χ1) is 15.1. The average molecular weight is 469 g/mol. The Labute approximate surface area is 187 Å². The van der Waals surface area contributed by atoms with Crippen LogP contribution in [0.15, 0.2) is 35.2 Å². The summed E-state index contributed by atoms with van der Waals surface area (Å²) in [5.41, 5.74) is 7.19. The van der Waals surface area contributed by atoms with E-state index < -0.39 is 10.1 Å². The first-order valence-electron chi connectivity index (χ1n) is 9.64. The number of ether oxygens (including phenoxy) is 4. The van der Waals surface area contributed by atoms with Crippen molar-refractivity contribution < 1.29 is 36.7 Å². The van der Waals surface area contributed by atoms with Gasteiger partial charge in [-0.15, -0.1) is 0 Å². The number of morpholine rings is 1. The lowest BCUT2D eigenvalue weighted by atomic mass is 10.1. The highest BCUT2D eigenvalue weighted by Crippen LogP contribution is 2.44. The quantitative estimate of drug-likeness (QED) is 0.498. The first kappa shape index (κ1) is 25.2. The van der Waals surface area contributed by atoms with Crippen LogP contribution in [0, 0.1) is 6.92 Å². The molecule has 10 nitrogen and oxygen atoms in total. The molecule has 1 fully saturated rings. The third-order valence-electron chi connectivity index (χ3n) is 4.77. The number of carbonyl (C=O) groups is 1. The third-order valence-corrected chi connectivity index (χ3v) is 5.78. The number of amides is 1. The lowest BCUT2D eigenvalue weighted by Gasteiger charge is -2.28. The predicted octanol–water partition coefficient (Wildman–Crippen LogP) is 2.01. The van der Waals surface area contributed by atoms with E-state index in [1.54, 1.807) is 36.1 Å². The second kappa shape index (κ2) is 11.0. The number of nitrogens with two attached hydrogens (primary N) is 1. The van der Waals surface area contributed by atoms with Gasteiger partial charge in [-0.05, 0) is 24.6 Å². The van der Waals surface area contributed by atoms with Gasteiger partial charge in [0.1, 0.15) is 0 Å². The first-order valence-corrected chi connectivity index (χ1v) is 11.1. The second-order valence-corrected chi connectivity index (χ2v) is 8.14. The molecule has 0 atom stereocenters. The molecule has 2 aromatic carbocycles. The second-order valence-electron chi connectivity index (χ2n) is 6.75. The van der Waals surface area contributed by atoms with Gasteiger partial charge in [0.05, 0.1) is 50.7 Å². The number of nitrogen functional groups attached to an aromatic ring is 1. The summed E-state index contributed by atoms with van der Waals surface area (Å²) in [6.45, 7) is 3.75. The Hall–Kier alpha value is -3.02. The fraction of sp³-hybridized carbons (Fsp3) is 0.381. The molecule has 1 heterocycles. The molecule has 11 heteroatoms. The molecule has 1 amide bonds. The van der Waals surface area contributed by atoms with Crippen LogP contribution in [0.4, 0.5) is 5.69 Å². The highest BCUT2D eigenvalue weighted by Gasteiger charge is 2.26. The highest BCUT2D eigenvalue weighted by atomic mass is 32.2. The Morgan fingerprint density at radius 2 is 1.66 bits per heavy atom. The minimum atomic E-state index is -4.03. The molecule has 1 aliphatic heterocycles. The van der Waals surface area contributed by atoms with Gasteiger partial charge >= 0.3 is 0 Å². The summed E-state index contributed by atoms with van der Waals surface area (Å²) in [7, 11) is 0.421. The summed E-state index contributed by atoms with van der Waals surface area (Å²) < 4.78 is 50.9. The van der Waals surface area contributed by atoms with E-state index in [0.29, 0.717) is 54.7 Å². The van der Waals surface area contributed by atoms with Gasteiger partial charge in [0.2, 0.25) is 5.75 Å². The van der Waals surface area contributed by atoms with E-state index in [-0.39, 0.29) is 16.5 Å². The Morgan fingerprint density at radius 3 is 2.12 bits per heavy atom. The highest BCUT2D eigenvalue weighted by molar-refractivity contribution is 7.85. The molecule has 0 radical (unpaired) electrons. The van der Waals surface area contributed by atoms with Crippen LogP contribution in [0.5, 0.6) is 17.2 Å². The van der Waals surface area contributed by atoms with Crippen molar-refractivity contribution in [3.63, 3.8) is 0 Å². The number of methoxy groups -OCH3 is 3. The van der Waals surface area contributed by atoms with E-state index in [1.165, 1.54) is 27.4 Å². The number of hydrogen-bond donors (Lipinski definition) is 2. The smallest absolute Gasteiger partial charge is 0.294 e. The van der Waals surface area contributed by atoms with E-state index in [4.69, 9.17) is 29.2 Å². The van der Waals surface area contributed by atoms with E-state index in [1.807, 2.05) is 0 Å². The molecule has 2 aromatic rings. The van der Waals surface area contributed by atoms with Crippen LogP contribution in [0.25, 0.3) is 0 Å². The SMILES string of the molecule is COc1cc(C(=O)N2CCOCC2)c(N)c(OC)c1OC.Cc1ccccc1S(=O)(=O)O. The van der Waals surface area contributed by atoms with Crippen molar-refractivity contribution in [2.45, 2.75) is 11.8 Å². The van der Waals surface area contributed by atoms with E-state index >= 15 is 0 Å². The zero-order chi connectivity index (χ0) is 23.9. The van der Waals surface area contributed by atoms with Crippen molar-refractivity contribution in [3.05, 3.63) is 41.5 Å². The minimum Gasteiger partial charge on any atom is -0.493 e. The maximum atomic E-state index is 12.6. The standard InChI is InChI=1S/C14H20N2O5.C7H8O3S/c1-18-10-8-9(11(15)13(20-3)12(10)19-2)14(17)16-4-6-21-7-5-16;1-6-4-2-3-5-7(6)11(8,9)10/h8H,4-7,15H2,1-3H3;2-5H,1H3,(H,8,9,10). The summed E-state index contributed by atoms with van der Waals surface area (Å²) in [5.74, 6) is 0.902. The number of hydrogen-bond acceptors (Lipinski definition) is 8. The van der Waals surface area contributed by atoms with Crippen molar-refractivity contribution in [3.8, 4) is 17.2 Å². The number of anilines is 1. The van der Waals surface area contributed by atoms with Gasteiger partial charge in [-0.2, -0.15) is 8.42 Å². The minimum absolute atomic E-state index is 0.0278.